The topological polar surface area (TPSA) is 111 Å². The van der Waals surface area contributed by atoms with Crippen LogP contribution in [0.15, 0.2) is 27.6 Å². The third kappa shape index (κ3) is 3.52. The number of primary sulfonamides is 1. The fraction of sp³-hybridized carbons (Fsp3) is 0.273. The zero-order valence-corrected chi connectivity index (χ0v) is 11.4. The maximum Gasteiger partial charge on any atom is 0.238 e. The van der Waals surface area contributed by atoms with Crippen LogP contribution in [-0.4, -0.2) is 25.1 Å². The van der Waals surface area contributed by atoms with E-state index in [9.17, 15) is 12.8 Å². The lowest BCUT2D eigenvalue weighted by Crippen LogP contribution is -2.13. The number of aromatic nitrogens is 2. The average Bonchev–Trinajstić information content (AvgIpc) is 2.76. The molecule has 1 aromatic heterocycles. The predicted octanol–water partition coefficient (Wildman–Crippen LogP) is 0.819. The van der Waals surface area contributed by atoms with Gasteiger partial charge in [-0.3, -0.25) is 0 Å². The van der Waals surface area contributed by atoms with Crippen molar-refractivity contribution < 1.29 is 17.3 Å². The largest absolute Gasteiger partial charge is 0.382 e. The van der Waals surface area contributed by atoms with E-state index in [4.69, 9.17) is 9.66 Å². The summed E-state index contributed by atoms with van der Waals surface area (Å²) in [5, 5.41) is 11.4. The number of anilines is 1. The zero-order valence-electron chi connectivity index (χ0n) is 10.6. The second-order valence-electron chi connectivity index (χ2n) is 4.09. The van der Waals surface area contributed by atoms with Crippen molar-refractivity contribution in [2.45, 2.75) is 18.2 Å². The Morgan fingerprint density at radius 3 is 2.75 bits per heavy atom. The third-order valence-corrected chi connectivity index (χ3v) is 3.41. The molecule has 0 bridgehead atoms. The molecular formula is C11H13FN4O3S. The number of hydrogen-bond acceptors (Lipinski definition) is 6. The molecule has 0 atom stereocenters. The first-order valence-corrected chi connectivity index (χ1v) is 7.26. The van der Waals surface area contributed by atoms with E-state index in [1.807, 2.05) is 0 Å². The van der Waals surface area contributed by atoms with Crippen molar-refractivity contribution in [3.63, 3.8) is 0 Å². The maximum absolute atomic E-state index is 13.7. The molecule has 0 aliphatic heterocycles. The molecule has 3 N–H and O–H groups in total. The van der Waals surface area contributed by atoms with Crippen molar-refractivity contribution in [1.29, 1.82) is 0 Å². The van der Waals surface area contributed by atoms with Crippen LogP contribution in [0.3, 0.4) is 0 Å². The first-order valence-electron chi connectivity index (χ1n) is 5.71. The number of nitrogens with one attached hydrogen (secondary N) is 1. The Bertz CT molecular complexity index is 714. The molecule has 108 valence electrons. The second kappa shape index (κ2) is 5.55. The van der Waals surface area contributed by atoms with Gasteiger partial charge in [-0.2, -0.15) is 4.98 Å². The van der Waals surface area contributed by atoms with Gasteiger partial charge < -0.3 is 9.84 Å². The van der Waals surface area contributed by atoms with Gasteiger partial charge in [-0.05, 0) is 18.2 Å². The van der Waals surface area contributed by atoms with Gasteiger partial charge in [0.15, 0.2) is 5.82 Å². The van der Waals surface area contributed by atoms with E-state index in [1.165, 1.54) is 12.1 Å². The number of nitrogens with two attached hydrogens (primary N) is 1. The Labute approximate surface area is 115 Å². The van der Waals surface area contributed by atoms with E-state index < -0.39 is 15.8 Å². The highest BCUT2D eigenvalue weighted by molar-refractivity contribution is 7.89. The molecule has 0 aliphatic carbocycles. The van der Waals surface area contributed by atoms with Crippen molar-refractivity contribution in [3.05, 3.63) is 35.7 Å². The molecule has 2 rings (SSSR count). The maximum atomic E-state index is 13.7. The minimum Gasteiger partial charge on any atom is -0.382 e. The molecule has 1 heterocycles. The molecule has 0 aliphatic rings. The van der Waals surface area contributed by atoms with Crippen LogP contribution in [0.1, 0.15) is 11.7 Å². The summed E-state index contributed by atoms with van der Waals surface area (Å²) in [6.07, 6.45) is 0.452. The summed E-state index contributed by atoms with van der Waals surface area (Å²) in [5.41, 5.74) is 0.178. The van der Waals surface area contributed by atoms with Crippen molar-refractivity contribution in [3.8, 4) is 0 Å². The van der Waals surface area contributed by atoms with E-state index in [2.05, 4.69) is 15.5 Å². The van der Waals surface area contributed by atoms with Crippen molar-refractivity contribution in [2.75, 3.05) is 11.9 Å². The molecule has 2 aromatic rings. The van der Waals surface area contributed by atoms with Crippen LogP contribution in [0.5, 0.6) is 0 Å². The summed E-state index contributed by atoms with van der Waals surface area (Å²) in [4.78, 5) is 3.73. The van der Waals surface area contributed by atoms with E-state index >= 15 is 0 Å². The van der Waals surface area contributed by atoms with Crippen LogP contribution < -0.4 is 10.5 Å². The Morgan fingerprint density at radius 2 is 2.20 bits per heavy atom. The molecule has 0 unspecified atom stereocenters. The first-order chi connectivity index (χ1) is 9.36. The number of nitrogens with zero attached hydrogens (tertiary/aromatic N) is 2. The molecular weight excluding hydrogens is 287 g/mol. The van der Waals surface area contributed by atoms with Crippen LogP contribution in [0.4, 0.5) is 10.1 Å². The fourth-order valence-electron chi connectivity index (χ4n) is 1.57. The van der Waals surface area contributed by atoms with Gasteiger partial charge in [0.05, 0.1) is 10.6 Å². The summed E-state index contributed by atoms with van der Waals surface area (Å²) in [5.74, 6) is 0.279. The lowest BCUT2D eigenvalue weighted by molar-refractivity contribution is 0.387. The van der Waals surface area contributed by atoms with Crippen LogP contribution >= 0.6 is 0 Å². The van der Waals surface area contributed by atoms with Crippen molar-refractivity contribution >= 4 is 15.7 Å². The normalized spacial score (nSPS) is 11.6. The minimum atomic E-state index is -3.90. The molecule has 20 heavy (non-hydrogen) atoms. The molecule has 9 heteroatoms. The second-order valence-corrected chi connectivity index (χ2v) is 5.65. The van der Waals surface area contributed by atoms with Gasteiger partial charge in [-0.1, -0.05) is 5.16 Å². The van der Waals surface area contributed by atoms with Gasteiger partial charge in [-0.15, -0.1) is 0 Å². The Morgan fingerprint density at radius 1 is 1.45 bits per heavy atom. The van der Waals surface area contributed by atoms with Gasteiger partial charge in [-0.25, -0.2) is 17.9 Å². The number of rotatable bonds is 5. The number of sulfonamides is 1. The van der Waals surface area contributed by atoms with Gasteiger partial charge in [0.25, 0.3) is 0 Å². The van der Waals surface area contributed by atoms with Crippen LogP contribution in [0.25, 0.3) is 0 Å². The molecule has 0 saturated heterocycles. The molecule has 0 amide bonds. The summed E-state index contributed by atoms with van der Waals surface area (Å²) >= 11 is 0. The van der Waals surface area contributed by atoms with Crippen LogP contribution in [0, 0.1) is 12.7 Å². The fourth-order valence-corrected chi connectivity index (χ4v) is 2.09. The van der Waals surface area contributed by atoms with Crippen LogP contribution in [-0.2, 0) is 16.4 Å². The minimum absolute atomic E-state index is 0.178. The van der Waals surface area contributed by atoms with E-state index in [1.54, 1.807) is 6.92 Å². The lowest BCUT2D eigenvalue weighted by Gasteiger charge is -2.07. The Hall–Kier alpha value is -2.00. The molecule has 7 nitrogen and oxygen atoms in total. The Kier molecular flexibility index (Phi) is 4.00. The molecule has 0 spiro atoms. The predicted molar refractivity (Wildman–Crippen MR) is 69.0 cm³/mol. The molecule has 0 saturated carbocycles. The summed E-state index contributed by atoms with van der Waals surface area (Å²) < 4.78 is 40.6. The number of hydrogen-bond donors (Lipinski definition) is 2. The van der Waals surface area contributed by atoms with Gasteiger partial charge in [0, 0.05) is 19.9 Å². The summed E-state index contributed by atoms with van der Waals surface area (Å²) in [6, 6.07) is 3.42. The quantitative estimate of drug-likeness (QED) is 0.845. The van der Waals surface area contributed by atoms with E-state index in [0.717, 1.165) is 6.07 Å². The van der Waals surface area contributed by atoms with Gasteiger partial charge in [0.2, 0.25) is 15.9 Å². The van der Waals surface area contributed by atoms with Crippen molar-refractivity contribution in [1.82, 2.24) is 10.1 Å². The smallest absolute Gasteiger partial charge is 0.238 e. The monoisotopic (exact) mass is 300 g/mol. The lowest BCUT2D eigenvalue weighted by atomic mass is 10.3. The number of aryl methyl sites for hydroxylation is 1. The first kappa shape index (κ1) is 14.4. The highest BCUT2D eigenvalue weighted by Gasteiger charge is 2.11. The highest BCUT2D eigenvalue weighted by atomic mass is 32.2. The van der Waals surface area contributed by atoms with Crippen LogP contribution in [0.2, 0.25) is 0 Å². The number of halogens is 1. The summed E-state index contributed by atoms with van der Waals surface area (Å²) in [7, 11) is -3.90. The summed E-state index contributed by atoms with van der Waals surface area (Å²) in [6.45, 7) is 2.06. The average molecular weight is 300 g/mol. The zero-order chi connectivity index (χ0) is 14.8. The van der Waals surface area contributed by atoms with E-state index in [-0.39, 0.29) is 10.6 Å². The number of benzene rings is 1. The molecule has 0 fully saturated rings. The SMILES string of the molecule is Cc1nc(CCNc2ccc(S(N)(=O)=O)cc2F)no1. The standard InChI is InChI=1S/C11H13FN4O3S/c1-7-15-11(16-19-7)4-5-14-10-3-2-8(6-9(10)12)20(13,17)18/h2-3,6,14H,4-5H2,1H3,(H2,13,17,18). The molecule has 0 radical (unpaired) electrons. The van der Waals surface area contributed by atoms with Gasteiger partial charge in [0.1, 0.15) is 5.82 Å². The van der Waals surface area contributed by atoms with Gasteiger partial charge >= 0.3 is 0 Å². The van der Waals surface area contributed by atoms with E-state index in [0.29, 0.717) is 24.7 Å². The van der Waals surface area contributed by atoms with Crippen molar-refractivity contribution in [2.24, 2.45) is 5.14 Å². The third-order valence-electron chi connectivity index (χ3n) is 2.50. The highest BCUT2D eigenvalue weighted by Crippen LogP contribution is 2.18. The molecule has 1 aromatic carbocycles. The Balaban J connectivity index is 2.00.